The third-order valence-electron chi connectivity index (χ3n) is 2.47. The molecule has 0 saturated carbocycles. The first kappa shape index (κ1) is 12.0. The molecular weight excluding hydrogens is 233 g/mol. The molecule has 0 radical (unpaired) electrons. The molecule has 0 aliphatic rings. The maximum atomic E-state index is 13.7. The molecule has 18 heavy (non-hydrogen) atoms. The molecule has 1 aromatic heterocycles. The number of nitrogens with zero attached hydrogens (tertiary/aromatic N) is 3. The Morgan fingerprint density at radius 1 is 1.28 bits per heavy atom. The van der Waals surface area contributed by atoms with Crippen molar-refractivity contribution in [2.24, 2.45) is 5.73 Å². The van der Waals surface area contributed by atoms with E-state index in [2.05, 4.69) is 9.97 Å². The standard InChI is InChI=1S/C12H12FN5/c1-18(9-5-3-2-4-8(9)13)12-10(11(14)15)16-6-7-17-12/h2-7H,1H3,(H3,14,15). The predicted molar refractivity (Wildman–Crippen MR) is 67.5 cm³/mol. The minimum absolute atomic E-state index is 0.207. The van der Waals surface area contributed by atoms with Crippen LogP contribution in [0.25, 0.3) is 0 Å². The highest BCUT2D eigenvalue weighted by Gasteiger charge is 2.16. The lowest BCUT2D eigenvalue weighted by molar-refractivity contribution is 0.627. The van der Waals surface area contributed by atoms with Gasteiger partial charge in [0.2, 0.25) is 0 Å². The molecular formula is C12H12FN5. The average Bonchev–Trinajstić information content (AvgIpc) is 2.38. The number of hydrogen-bond donors (Lipinski definition) is 2. The zero-order valence-corrected chi connectivity index (χ0v) is 9.76. The van der Waals surface area contributed by atoms with E-state index >= 15 is 0 Å². The highest BCUT2D eigenvalue weighted by atomic mass is 19.1. The zero-order chi connectivity index (χ0) is 13.1. The van der Waals surface area contributed by atoms with Crippen LogP contribution in [0.3, 0.4) is 0 Å². The Morgan fingerprint density at radius 3 is 2.61 bits per heavy atom. The van der Waals surface area contributed by atoms with E-state index in [1.807, 2.05) is 0 Å². The van der Waals surface area contributed by atoms with Crippen molar-refractivity contribution in [1.29, 1.82) is 5.41 Å². The van der Waals surface area contributed by atoms with Gasteiger partial charge in [-0.25, -0.2) is 14.4 Å². The predicted octanol–water partition coefficient (Wildman–Crippen LogP) is 1.67. The van der Waals surface area contributed by atoms with E-state index < -0.39 is 0 Å². The molecule has 1 heterocycles. The largest absolute Gasteiger partial charge is 0.382 e. The molecule has 0 saturated heterocycles. The molecule has 2 aromatic rings. The molecule has 0 unspecified atom stereocenters. The molecule has 0 atom stereocenters. The van der Waals surface area contributed by atoms with Crippen LogP contribution in [-0.2, 0) is 0 Å². The van der Waals surface area contributed by atoms with E-state index in [0.29, 0.717) is 11.5 Å². The Morgan fingerprint density at radius 2 is 1.94 bits per heavy atom. The van der Waals surface area contributed by atoms with Crippen molar-refractivity contribution < 1.29 is 4.39 Å². The number of nitrogens with one attached hydrogen (secondary N) is 1. The third-order valence-corrected chi connectivity index (χ3v) is 2.47. The summed E-state index contributed by atoms with van der Waals surface area (Å²) in [7, 11) is 1.65. The summed E-state index contributed by atoms with van der Waals surface area (Å²) >= 11 is 0. The van der Waals surface area contributed by atoms with E-state index in [1.54, 1.807) is 25.2 Å². The Hall–Kier alpha value is -2.50. The molecule has 1 aromatic carbocycles. The fourth-order valence-electron chi connectivity index (χ4n) is 1.60. The number of rotatable bonds is 3. The fourth-order valence-corrected chi connectivity index (χ4v) is 1.60. The van der Waals surface area contributed by atoms with Gasteiger partial charge in [-0.1, -0.05) is 12.1 Å². The summed E-state index contributed by atoms with van der Waals surface area (Å²) in [6, 6.07) is 6.30. The number of benzene rings is 1. The number of anilines is 2. The normalized spacial score (nSPS) is 10.1. The molecule has 0 fully saturated rings. The molecule has 2 rings (SSSR count). The summed E-state index contributed by atoms with van der Waals surface area (Å²) in [5.41, 5.74) is 6.00. The van der Waals surface area contributed by atoms with Crippen molar-refractivity contribution in [3.63, 3.8) is 0 Å². The lowest BCUT2D eigenvalue weighted by Crippen LogP contribution is -2.21. The van der Waals surface area contributed by atoms with E-state index in [1.165, 1.54) is 23.4 Å². The number of aromatic nitrogens is 2. The smallest absolute Gasteiger partial charge is 0.162 e. The van der Waals surface area contributed by atoms with Crippen LogP contribution < -0.4 is 10.6 Å². The first-order chi connectivity index (χ1) is 8.61. The minimum atomic E-state index is -0.375. The van der Waals surface area contributed by atoms with Gasteiger partial charge in [-0.3, -0.25) is 5.41 Å². The summed E-state index contributed by atoms with van der Waals surface area (Å²) in [6.45, 7) is 0. The Kier molecular flexibility index (Phi) is 3.18. The van der Waals surface area contributed by atoms with Crippen molar-refractivity contribution in [3.8, 4) is 0 Å². The summed E-state index contributed by atoms with van der Waals surface area (Å²) in [6.07, 6.45) is 2.91. The number of nitrogens with two attached hydrogens (primary N) is 1. The number of amidine groups is 1. The van der Waals surface area contributed by atoms with Gasteiger partial charge in [-0.2, -0.15) is 0 Å². The lowest BCUT2D eigenvalue weighted by Gasteiger charge is -2.20. The van der Waals surface area contributed by atoms with Crippen LogP contribution >= 0.6 is 0 Å². The molecule has 0 spiro atoms. The molecule has 0 aliphatic heterocycles. The van der Waals surface area contributed by atoms with E-state index in [4.69, 9.17) is 11.1 Å². The molecule has 6 heteroatoms. The minimum Gasteiger partial charge on any atom is -0.382 e. The summed E-state index contributed by atoms with van der Waals surface area (Å²) < 4.78 is 13.7. The highest BCUT2D eigenvalue weighted by Crippen LogP contribution is 2.25. The number of hydrogen-bond acceptors (Lipinski definition) is 4. The second kappa shape index (κ2) is 4.79. The van der Waals surface area contributed by atoms with Crippen LogP contribution in [0.2, 0.25) is 0 Å². The first-order valence-corrected chi connectivity index (χ1v) is 5.25. The maximum Gasteiger partial charge on any atom is 0.162 e. The summed E-state index contributed by atoms with van der Waals surface area (Å²) in [4.78, 5) is 9.58. The van der Waals surface area contributed by atoms with E-state index in [0.717, 1.165) is 0 Å². The van der Waals surface area contributed by atoms with Crippen LogP contribution in [0.4, 0.5) is 15.9 Å². The summed E-state index contributed by atoms with van der Waals surface area (Å²) in [5.74, 6) is -0.239. The second-order valence-corrected chi connectivity index (χ2v) is 3.65. The van der Waals surface area contributed by atoms with Gasteiger partial charge in [0.25, 0.3) is 0 Å². The highest BCUT2D eigenvalue weighted by molar-refractivity contribution is 5.98. The van der Waals surface area contributed by atoms with Crippen molar-refractivity contribution in [1.82, 2.24) is 9.97 Å². The van der Waals surface area contributed by atoms with Crippen molar-refractivity contribution in [3.05, 3.63) is 48.2 Å². The first-order valence-electron chi connectivity index (χ1n) is 5.25. The van der Waals surface area contributed by atoms with Crippen molar-refractivity contribution in [2.45, 2.75) is 0 Å². The SMILES string of the molecule is CN(c1ccccc1F)c1nccnc1C(=N)N. The van der Waals surface area contributed by atoms with E-state index in [9.17, 15) is 4.39 Å². The molecule has 5 nitrogen and oxygen atoms in total. The van der Waals surface area contributed by atoms with Crippen LogP contribution in [-0.4, -0.2) is 22.9 Å². The van der Waals surface area contributed by atoms with Crippen molar-refractivity contribution in [2.75, 3.05) is 11.9 Å². The zero-order valence-electron chi connectivity index (χ0n) is 9.76. The maximum absolute atomic E-state index is 13.7. The quantitative estimate of drug-likeness (QED) is 0.636. The monoisotopic (exact) mass is 245 g/mol. The van der Waals surface area contributed by atoms with Crippen LogP contribution in [0.5, 0.6) is 0 Å². The number of halogens is 1. The van der Waals surface area contributed by atoms with Crippen LogP contribution in [0.15, 0.2) is 36.7 Å². The Labute approximate surface area is 104 Å². The van der Waals surface area contributed by atoms with Crippen LogP contribution in [0, 0.1) is 11.2 Å². The van der Waals surface area contributed by atoms with Crippen LogP contribution in [0.1, 0.15) is 5.69 Å². The molecule has 0 bridgehead atoms. The van der Waals surface area contributed by atoms with Gasteiger partial charge < -0.3 is 10.6 Å². The van der Waals surface area contributed by atoms with Gasteiger partial charge in [0.05, 0.1) is 5.69 Å². The van der Waals surface area contributed by atoms with Gasteiger partial charge in [-0.15, -0.1) is 0 Å². The molecule has 92 valence electrons. The Balaban J connectivity index is 2.50. The third kappa shape index (κ3) is 2.13. The number of para-hydroxylation sites is 1. The van der Waals surface area contributed by atoms with Crippen molar-refractivity contribution >= 4 is 17.3 Å². The van der Waals surface area contributed by atoms with Gasteiger partial charge in [0, 0.05) is 19.4 Å². The summed E-state index contributed by atoms with van der Waals surface area (Å²) in [5, 5.41) is 7.44. The Bertz CT molecular complexity index is 584. The fraction of sp³-hybridized carbons (Fsp3) is 0.0833. The van der Waals surface area contributed by atoms with Gasteiger partial charge in [0.1, 0.15) is 17.3 Å². The topological polar surface area (TPSA) is 78.9 Å². The molecule has 0 amide bonds. The van der Waals surface area contributed by atoms with E-state index in [-0.39, 0.29) is 17.3 Å². The van der Waals surface area contributed by atoms with Gasteiger partial charge in [0.15, 0.2) is 5.82 Å². The van der Waals surface area contributed by atoms with Gasteiger partial charge in [-0.05, 0) is 12.1 Å². The van der Waals surface area contributed by atoms with Gasteiger partial charge >= 0.3 is 0 Å². The second-order valence-electron chi connectivity index (χ2n) is 3.65. The average molecular weight is 245 g/mol. The molecule has 3 N–H and O–H groups in total. The lowest BCUT2D eigenvalue weighted by atomic mass is 10.2. The number of nitrogen functional groups attached to an aromatic ring is 1. The molecule has 0 aliphatic carbocycles.